The lowest BCUT2D eigenvalue weighted by Crippen LogP contribution is -2.38. The molecule has 0 bridgehead atoms. The zero-order valence-corrected chi connectivity index (χ0v) is 42.3. The molecule has 11 rings (SSSR count). The Morgan fingerprint density at radius 3 is 1.89 bits per heavy atom. The number of carbonyl (C=O) groups is 1. The van der Waals surface area contributed by atoms with Crippen LogP contribution in [0.1, 0.15) is 42.2 Å². The molecule has 0 unspecified atom stereocenters. The Bertz CT molecular complexity index is 3310. The molecule has 0 saturated carbocycles. The summed E-state index contributed by atoms with van der Waals surface area (Å²) in [6, 6.07) is 51.2. The third kappa shape index (κ3) is 9.41. The van der Waals surface area contributed by atoms with Gasteiger partial charge in [0.15, 0.2) is 21.0 Å². The molecular formula is C56H53N6O10PS. The Kier molecular flexibility index (Phi) is 14.0. The number of benzene rings is 6. The molecule has 0 spiro atoms. The number of amides is 1. The second-order valence-electron chi connectivity index (χ2n) is 18.2. The van der Waals surface area contributed by atoms with Gasteiger partial charge in [-0.05, 0) is 90.2 Å². The van der Waals surface area contributed by atoms with Gasteiger partial charge in [-0.1, -0.05) is 109 Å². The number of sulfone groups is 1. The van der Waals surface area contributed by atoms with Gasteiger partial charge in [-0.2, -0.15) is 0 Å². The number of methoxy groups -OCH3 is 2. The van der Waals surface area contributed by atoms with E-state index < -0.39 is 60.1 Å². The summed E-state index contributed by atoms with van der Waals surface area (Å²) in [5.41, 5.74) is 1.93. The van der Waals surface area contributed by atoms with Crippen molar-refractivity contribution < 1.29 is 41.2 Å². The van der Waals surface area contributed by atoms with Crippen LogP contribution in [-0.4, -0.2) is 95.7 Å². The molecule has 378 valence electrons. The molecule has 3 aliphatic rings. The fourth-order valence-electron chi connectivity index (χ4n) is 10.2. The number of para-hydroxylation sites is 2. The van der Waals surface area contributed by atoms with Gasteiger partial charge < -0.3 is 28.0 Å². The van der Waals surface area contributed by atoms with Crippen molar-refractivity contribution >= 4 is 46.9 Å². The minimum absolute atomic E-state index is 0.0112. The second-order valence-corrected chi connectivity index (χ2v) is 21.7. The largest absolute Gasteiger partial charge is 0.497 e. The zero-order valence-electron chi connectivity index (χ0n) is 40.6. The first-order chi connectivity index (χ1) is 36.1. The number of rotatable bonds is 16. The summed E-state index contributed by atoms with van der Waals surface area (Å²) >= 11 is 0. The molecule has 8 aromatic rings. The Balaban J connectivity index is 0.950. The van der Waals surface area contributed by atoms with Crippen molar-refractivity contribution in [1.82, 2.24) is 23.8 Å². The average molecular weight is 1030 g/mol. The van der Waals surface area contributed by atoms with Gasteiger partial charge in [0.2, 0.25) is 0 Å². The molecule has 6 atom stereocenters. The van der Waals surface area contributed by atoms with Crippen LogP contribution in [0.5, 0.6) is 11.5 Å². The molecule has 18 heteroatoms. The van der Waals surface area contributed by atoms with Crippen LogP contribution >= 0.6 is 8.53 Å². The number of anilines is 2. The minimum Gasteiger partial charge on any atom is -0.497 e. The molecule has 2 aromatic heterocycles. The number of fused-ring (bicyclic) bond motifs is 2. The van der Waals surface area contributed by atoms with E-state index in [2.05, 4.69) is 9.65 Å². The molecule has 0 aliphatic carbocycles. The van der Waals surface area contributed by atoms with Gasteiger partial charge in [0, 0.05) is 19.0 Å². The van der Waals surface area contributed by atoms with E-state index >= 15 is 0 Å². The third-order valence-corrected chi connectivity index (χ3v) is 17.5. The Labute approximate surface area is 429 Å². The first-order valence-corrected chi connectivity index (χ1v) is 27.1. The molecule has 0 radical (unpaired) electrons. The van der Waals surface area contributed by atoms with Gasteiger partial charge in [-0.25, -0.2) is 32.4 Å². The Morgan fingerprint density at radius 1 is 0.730 bits per heavy atom. The number of hydrogen-bond donors (Lipinski definition) is 0. The molecule has 74 heavy (non-hydrogen) atoms. The van der Waals surface area contributed by atoms with Crippen molar-refractivity contribution in [2.45, 2.75) is 60.3 Å². The van der Waals surface area contributed by atoms with Gasteiger partial charge in [0.1, 0.15) is 35.8 Å². The maximum absolute atomic E-state index is 14.4. The van der Waals surface area contributed by atoms with Gasteiger partial charge >= 0.3 is 6.03 Å². The van der Waals surface area contributed by atoms with Gasteiger partial charge in [0.05, 0.1) is 61.4 Å². The van der Waals surface area contributed by atoms with Crippen LogP contribution in [-0.2, 0) is 34.0 Å². The molecule has 1 amide bonds. The molecular weight excluding hydrogens is 980 g/mol. The lowest BCUT2D eigenvalue weighted by Gasteiger charge is -2.37. The second kappa shape index (κ2) is 21.0. The normalized spacial score (nSPS) is 20.9. The van der Waals surface area contributed by atoms with Crippen molar-refractivity contribution in [3.63, 3.8) is 0 Å². The van der Waals surface area contributed by atoms with E-state index in [1.54, 1.807) is 73.4 Å². The molecule has 6 aromatic carbocycles. The summed E-state index contributed by atoms with van der Waals surface area (Å²) in [7, 11) is -2.21. The number of hydrogen-bond acceptors (Lipinski definition) is 13. The highest BCUT2D eigenvalue weighted by molar-refractivity contribution is 7.91. The van der Waals surface area contributed by atoms with E-state index in [-0.39, 0.29) is 40.9 Å². The number of imidazole rings is 1. The number of aromatic nitrogens is 4. The predicted molar refractivity (Wildman–Crippen MR) is 279 cm³/mol. The molecule has 5 heterocycles. The molecule has 3 fully saturated rings. The van der Waals surface area contributed by atoms with Crippen LogP contribution < -0.4 is 19.9 Å². The molecule has 3 saturated heterocycles. The summed E-state index contributed by atoms with van der Waals surface area (Å²) in [5.74, 6) is 1.16. The highest BCUT2D eigenvalue weighted by Gasteiger charge is 2.51. The summed E-state index contributed by atoms with van der Waals surface area (Å²) in [6.07, 6.45) is 1.74. The van der Waals surface area contributed by atoms with Crippen molar-refractivity contribution in [1.29, 1.82) is 0 Å². The fourth-order valence-corrected chi connectivity index (χ4v) is 13.8. The topological polar surface area (TPSA) is 166 Å². The van der Waals surface area contributed by atoms with E-state index in [9.17, 15) is 18.0 Å². The summed E-state index contributed by atoms with van der Waals surface area (Å²) in [6.45, 7) is 0.665. The SMILES string of the molecule is COc1ccc(C(OC[C@H]2O[C@@H](n3cnc4c(=O)n(C(=O)N(c5ccccc5)c5ccccc5)cnc43)C[C@@H]2O[P@]2O[C@H](CS(=O)(=O)c3ccccc3)[C@@H]3CCCN32)(c2ccccc2)c2ccc(OC)cc2)cc1. The van der Waals surface area contributed by atoms with Gasteiger partial charge in [-0.15, -0.1) is 0 Å². The van der Waals surface area contributed by atoms with Crippen LogP contribution in [0, 0.1) is 0 Å². The lowest BCUT2D eigenvalue weighted by molar-refractivity contribution is -0.0906. The first kappa shape index (κ1) is 49.1. The fraction of sp³-hybridized carbons (Fsp3) is 0.250. The van der Waals surface area contributed by atoms with Crippen molar-refractivity contribution in [3.05, 3.63) is 210 Å². The number of nitrogens with zero attached hydrogens (tertiary/aromatic N) is 6. The van der Waals surface area contributed by atoms with E-state index in [1.807, 2.05) is 115 Å². The Morgan fingerprint density at radius 2 is 1.30 bits per heavy atom. The first-order valence-electron chi connectivity index (χ1n) is 24.4. The maximum Gasteiger partial charge on any atom is 0.341 e. The number of ether oxygens (including phenoxy) is 4. The van der Waals surface area contributed by atoms with Crippen LogP contribution in [0.4, 0.5) is 16.2 Å². The van der Waals surface area contributed by atoms with E-state index in [1.165, 1.54) is 17.6 Å². The van der Waals surface area contributed by atoms with Crippen molar-refractivity contribution in [3.8, 4) is 11.5 Å². The molecule has 0 N–H and O–H groups in total. The molecule has 16 nitrogen and oxygen atoms in total. The quantitative estimate of drug-likeness (QED) is 0.0664. The zero-order chi connectivity index (χ0) is 50.8. The summed E-state index contributed by atoms with van der Waals surface area (Å²) in [4.78, 5) is 39.7. The predicted octanol–water partition coefficient (Wildman–Crippen LogP) is 9.66. The monoisotopic (exact) mass is 1030 g/mol. The summed E-state index contributed by atoms with van der Waals surface area (Å²) < 4.78 is 71.7. The van der Waals surface area contributed by atoms with Crippen LogP contribution in [0.3, 0.4) is 0 Å². The highest BCUT2D eigenvalue weighted by Crippen LogP contribution is 2.58. The van der Waals surface area contributed by atoms with Crippen molar-refractivity contribution in [2.75, 3.05) is 38.0 Å². The standard InChI is InChI=1S/C56H53N6O10PS/c1-67-44-29-25-40(26-30-44)56(39-16-7-3-8-17-39,41-27-31-45(68-2)32-28-41)69-35-49-48(71-73-61-33-15-24-47(61)50(72-73)36-74(65,66)46-22-13-6-14-23-46)34-51(70-49)59-37-57-52-53(59)58-38-60(54(52)63)55(64)62(42-18-9-4-10-19-42)43-20-11-5-12-21-43/h3-14,16-23,25-32,37-38,47-51H,15,24,33-36H2,1-2H3/t47-,48-,49+,50+,51+,73+/m0/s1. The van der Waals surface area contributed by atoms with Crippen molar-refractivity contribution in [2.24, 2.45) is 0 Å². The molecule has 3 aliphatic heterocycles. The maximum atomic E-state index is 14.4. The average Bonchev–Trinajstić information content (AvgIpc) is 4.26. The summed E-state index contributed by atoms with van der Waals surface area (Å²) in [5, 5.41) is 0. The highest BCUT2D eigenvalue weighted by atomic mass is 32.2. The number of carbonyl (C=O) groups excluding carboxylic acids is 1. The third-order valence-electron chi connectivity index (χ3n) is 13.9. The van der Waals surface area contributed by atoms with Gasteiger partial charge in [-0.3, -0.25) is 14.3 Å². The Hall–Kier alpha value is -7.08. The van der Waals surface area contributed by atoms with Crippen LogP contribution in [0.2, 0.25) is 0 Å². The van der Waals surface area contributed by atoms with Crippen LogP contribution in [0.15, 0.2) is 192 Å². The lowest BCUT2D eigenvalue weighted by atomic mass is 9.80. The van der Waals surface area contributed by atoms with E-state index in [0.717, 1.165) is 34.1 Å². The van der Waals surface area contributed by atoms with Gasteiger partial charge in [0.25, 0.3) is 14.1 Å². The van der Waals surface area contributed by atoms with E-state index in [4.69, 9.17) is 33.0 Å². The van der Waals surface area contributed by atoms with Crippen LogP contribution in [0.25, 0.3) is 11.2 Å². The minimum atomic E-state index is -3.69. The smallest absolute Gasteiger partial charge is 0.341 e. The van der Waals surface area contributed by atoms with E-state index in [0.29, 0.717) is 29.4 Å².